The zero-order valence-electron chi connectivity index (χ0n) is 24.1. The molecule has 9 nitrogen and oxygen atoms in total. The molecule has 35 heavy (non-hydrogen) atoms. The highest BCUT2D eigenvalue weighted by Crippen LogP contribution is 2.35. The van der Waals surface area contributed by atoms with Gasteiger partial charge in [-0.3, -0.25) is 4.90 Å². The first kappa shape index (κ1) is 34.6. The zero-order valence-corrected chi connectivity index (χ0v) is 24.1. The molecule has 9 heteroatoms. The lowest BCUT2D eigenvalue weighted by Crippen LogP contribution is -2.47. The summed E-state index contributed by atoms with van der Waals surface area (Å²) in [4.78, 5) is 2.14. The molecule has 0 heterocycles. The maximum atomic E-state index is 6.44. The van der Waals surface area contributed by atoms with E-state index in [1.165, 1.54) is 0 Å². The van der Waals surface area contributed by atoms with E-state index in [9.17, 15) is 0 Å². The second-order valence-corrected chi connectivity index (χ2v) is 10.8. The number of nitrogens with two attached hydrogens (primary N) is 2. The number of ether oxygens (including phenoxy) is 3. The summed E-state index contributed by atoms with van der Waals surface area (Å²) < 4.78 is 18.8. The van der Waals surface area contributed by atoms with E-state index in [1.807, 2.05) is 0 Å². The first-order chi connectivity index (χ1) is 16.6. The average molecular weight is 505 g/mol. The molecule has 1 unspecified atom stereocenters. The van der Waals surface area contributed by atoms with E-state index in [-0.39, 0.29) is 16.6 Å². The summed E-state index contributed by atoms with van der Waals surface area (Å²) in [6.45, 7) is 25.8. The van der Waals surface area contributed by atoms with Gasteiger partial charge in [0.1, 0.15) is 0 Å². The number of likely N-dealkylation sites (N-methyl/N-ethyl adjacent to an activating group) is 2. The maximum absolute atomic E-state index is 6.44. The molecular formula is C26H60N6O3. The monoisotopic (exact) mass is 504 g/mol. The van der Waals surface area contributed by atoms with Crippen LogP contribution in [0.25, 0.3) is 0 Å². The van der Waals surface area contributed by atoms with E-state index >= 15 is 0 Å². The van der Waals surface area contributed by atoms with Crippen molar-refractivity contribution >= 4 is 0 Å². The zero-order chi connectivity index (χ0) is 26.6. The summed E-state index contributed by atoms with van der Waals surface area (Å²) in [6.07, 6.45) is 1.84. The molecule has 0 aliphatic carbocycles. The topological polar surface area (TPSA) is 119 Å². The molecule has 1 atom stereocenters. The van der Waals surface area contributed by atoms with Crippen LogP contribution >= 0.6 is 0 Å². The summed E-state index contributed by atoms with van der Waals surface area (Å²) >= 11 is 0. The summed E-state index contributed by atoms with van der Waals surface area (Å²) in [5.41, 5.74) is 10.9. The fraction of sp³-hybridized carbons (Fsp3) is 1.00. The number of hydrogen-bond acceptors (Lipinski definition) is 9. The normalized spacial score (nSPS) is 14.6. The van der Waals surface area contributed by atoms with Gasteiger partial charge in [-0.2, -0.15) is 0 Å². The van der Waals surface area contributed by atoms with Crippen molar-refractivity contribution in [1.29, 1.82) is 0 Å². The van der Waals surface area contributed by atoms with E-state index < -0.39 is 0 Å². The number of rotatable bonds is 25. The Kier molecular flexibility index (Phi) is 19.5. The van der Waals surface area contributed by atoms with Gasteiger partial charge in [-0.1, -0.05) is 20.8 Å². The van der Waals surface area contributed by atoms with Gasteiger partial charge in [-0.15, -0.1) is 0 Å². The van der Waals surface area contributed by atoms with Crippen LogP contribution in [-0.4, -0.2) is 108 Å². The molecule has 0 aromatic carbocycles. The molecule has 0 rings (SSSR count). The van der Waals surface area contributed by atoms with E-state index in [1.54, 1.807) is 0 Å². The van der Waals surface area contributed by atoms with E-state index in [0.29, 0.717) is 46.2 Å². The van der Waals surface area contributed by atoms with Gasteiger partial charge in [-0.25, -0.2) is 0 Å². The number of nitrogens with one attached hydrogen (secondary N) is 3. The van der Waals surface area contributed by atoms with Crippen LogP contribution in [0.15, 0.2) is 0 Å². The Morgan fingerprint density at radius 2 is 1.40 bits per heavy atom. The molecule has 0 saturated heterocycles. The summed E-state index contributed by atoms with van der Waals surface area (Å²) in [7, 11) is 0. The molecule has 0 aromatic rings. The molecule has 0 bridgehead atoms. The van der Waals surface area contributed by atoms with Crippen LogP contribution in [0.1, 0.15) is 61.3 Å². The Hall–Kier alpha value is -0.360. The predicted molar refractivity (Wildman–Crippen MR) is 148 cm³/mol. The van der Waals surface area contributed by atoms with Crippen molar-refractivity contribution in [2.75, 3.05) is 92.1 Å². The van der Waals surface area contributed by atoms with Gasteiger partial charge < -0.3 is 41.6 Å². The summed E-state index contributed by atoms with van der Waals surface area (Å²) in [5.74, 6) is 0. The van der Waals surface area contributed by atoms with E-state index in [4.69, 9.17) is 25.7 Å². The van der Waals surface area contributed by atoms with E-state index in [2.05, 4.69) is 69.3 Å². The molecule has 7 N–H and O–H groups in total. The predicted octanol–water partition coefficient (Wildman–Crippen LogP) is 1.37. The Balaban J connectivity index is 4.82. The highest BCUT2D eigenvalue weighted by atomic mass is 16.5. The molecule has 0 amide bonds. The van der Waals surface area contributed by atoms with Crippen LogP contribution in [0.2, 0.25) is 0 Å². The molecule has 0 radical (unpaired) electrons. The van der Waals surface area contributed by atoms with Crippen molar-refractivity contribution in [3.05, 3.63) is 0 Å². The molecule has 0 aliphatic heterocycles. The van der Waals surface area contributed by atoms with Crippen LogP contribution in [-0.2, 0) is 14.2 Å². The molecule has 0 aliphatic rings. The molecule has 0 aromatic heterocycles. The maximum Gasteiger partial charge on any atom is 0.0650 e. The van der Waals surface area contributed by atoms with E-state index in [0.717, 1.165) is 58.7 Å². The largest absolute Gasteiger partial charge is 0.379 e. The van der Waals surface area contributed by atoms with Crippen molar-refractivity contribution in [1.82, 2.24) is 20.9 Å². The second-order valence-electron chi connectivity index (χ2n) is 10.8. The third-order valence-corrected chi connectivity index (χ3v) is 6.25. The van der Waals surface area contributed by atoms with Gasteiger partial charge in [0.05, 0.1) is 38.6 Å². The molecule has 0 spiro atoms. The number of nitrogens with zero attached hydrogens (tertiary/aromatic N) is 1. The number of hydrogen-bond donors (Lipinski definition) is 5. The fourth-order valence-electron chi connectivity index (χ4n) is 4.21. The van der Waals surface area contributed by atoms with Crippen LogP contribution in [0.5, 0.6) is 0 Å². The highest BCUT2D eigenvalue weighted by molar-refractivity contribution is 4.88. The van der Waals surface area contributed by atoms with Crippen molar-refractivity contribution in [3.63, 3.8) is 0 Å². The van der Waals surface area contributed by atoms with Crippen LogP contribution in [0, 0.1) is 5.41 Å². The molecule has 0 fully saturated rings. The lowest BCUT2D eigenvalue weighted by atomic mass is 9.77. The molecule has 0 saturated carbocycles. The minimum atomic E-state index is -0.288. The van der Waals surface area contributed by atoms with Crippen molar-refractivity contribution < 1.29 is 14.2 Å². The fourth-order valence-corrected chi connectivity index (χ4v) is 4.21. The lowest BCUT2D eigenvalue weighted by molar-refractivity contribution is -0.105. The standard InChI is InChI=1S/C26H60N6O3/c1-8-26(21-33-17-13-29-9-2,19-25(6,7)35-20-24(4,5)31-10-3)22-34-18-14-30-12-16-32(23-28)15-11-27/h29-31H,8-23,27-28H2,1-7H3. The Morgan fingerprint density at radius 1 is 0.771 bits per heavy atom. The minimum Gasteiger partial charge on any atom is -0.379 e. The van der Waals surface area contributed by atoms with Gasteiger partial charge in [0.2, 0.25) is 0 Å². The average Bonchev–Trinajstić information content (AvgIpc) is 2.81. The first-order valence-electron chi connectivity index (χ1n) is 13.7. The second kappa shape index (κ2) is 19.7. The van der Waals surface area contributed by atoms with Crippen LogP contribution < -0.4 is 27.4 Å². The van der Waals surface area contributed by atoms with Crippen LogP contribution in [0.3, 0.4) is 0 Å². The van der Waals surface area contributed by atoms with Crippen molar-refractivity contribution in [2.45, 2.75) is 72.4 Å². The molecule has 212 valence electrons. The van der Waals surface area contributed by atoms with Gasteiger partial charge in [0.25, 0.3) is 0 Å². The van der Waals surface area contributed by atoms with Gasteiger partial charge in [-0.05, 0) is 53.6 Å². The van der Waals surface area contributed by atoms with Gasteiger partial charge in [0, 0.05) is 56.9 Å². The lowest BCUT2D eigenvalue weighted by Gasteiger charge is -2.41. The third-order valence-electron chi connectivity index (χ3n) is 6.25. The smallest absolute Gasteiger partial charge is 0.0650 e. The van der Waals surface area contributed by atoms with Crippen molar-refractivity contribution in [2.24, 2.45) is 16.9 Å². The van der Waals surface area contributed by atoms with Gasteiger partial charge in [0.15, 0.2) is 0 Å². The Morgan fingerprint density at radius 3 is 1.91 bits per heavy atom. The first-order valence-corrected chi connectivity index (χ1v) is 13.7. The molecular weight excluding hydrogens is 444 g/mol. The quantitative estimate of drug-likeness (QED) is 0.0927. The van der Waals surface area contributed by atoms with Crippen molar-refractivity contribution in [3.8, 4) is 0 Å². The third kappa shape index (κ3) is 17.7. The SMILES string of the molecule is CCNCCOCC(CC)(COCCNCCN(CN)CCN)CC(C)(C)OCC(C)(C)NCC. The summed E-state index contributed by atoms with van der Waals surface area (Å²) in [5, 5.41) is 10.3. The summed E-state index contributed by atoms with van der Waals surface area (Å²) in [6, 6.07) is 0. The Labute approximate surface area is 216 Å². The highest BCUT2D eigenvalue weighted by Gasteiger charge is 2.37. The minimum absolute atomic E-state index is 0.0605. The Bertz CT molecular complexity index is 496. The van der Waals surface area contributed by atoms with Crippen LogP contribution in [0.4, 0.5) is 0 Å². The van der Waals surface area contributed by atoms with Gasteiger partial charge >= 0.3 is 0 Å².